The van der Waals surface area contributed by atoms with Gasteiger partial charge in [-0.3, -0.25) is 4.79 Å². The van der Waals surface area contributed by atoms with Gasteiger partial charge in [-0.25, -0.2) is 4.98 Å². The molecular weight excluding hydrogens is 385 g/mol. The van der Waals surface area contributed by atoms with E-state index in [1.165, 1.54) is 6.07 Å². The Labute approximate surface area is 167 Å². The normalized spacial score (nSPS) is 19.6. The zero-order valence-electron chi connectivity index (χ0n) is 15.8. The number of benzene rings is 1. The summed E-state index contributed by atoms with van der Waals surface area (Å²) in [5.41, 5.74) is 0.209. The second-order valence-electron chi connectivity index (χ2n) is 7.02. The summed E-state index contributed by atoms with van der Waals surface area (Å²) >= 11 is 0. The van der Waals surface area contributed by atoms with Gasteiger partial charge in [-0.1, -0.05) is 30.3 Å². The molecule has 1 aromatic heterocycles. The molecule has 1 fully saturated rings. The molecule has 0 saturated heterocycles. The third-order valence-electron chi connectivity index (χ3n) is 4.74. The van der Waals surface area contributed by atoms with Crippen molar-refractivity contribution in [2.45, 2.75) is 50.6 Å². The predicted molar refractivity (Wildman–Crippen MR) is 100 cm³/mol. The highest BCUT2D eigenvalue weighted by Crippen LogP contribution is 2.30. The van der Waals surface area contributed by atoms with E-state index >= 15 is 0 Å². The van der Waals surface area contributed by atoms with Gasteiger partial charge in [-0.05, 0) is 37.3 Å². The summed E-state index contributed by atoms with van der Waals surface area (Å²) < 4.78 is 48.8. The number of carbonyl (C=O) groups is 1. The molecule has 29 heavy (non-hydrogen) atoms. The number of amides is 1. The average Bonchev–Trinajstić information content (AvgIpc) is 2.70. The average molecular weight is 408 g/mol. The van der Waals surface area contributed by atoms with E-state index in [-0.39, 0.29) is 30.5 Å². The number of halogens is 3. The maximum absolute atomic E-state index is 12.6. The van der Waals surface area contributed by atoms with Crippen molar-refractivity contribution in [1.82, 2.24) is 10.3 Å². The summed E-state index contributed by atoms with van der Waals surface area (Å²) in [6.45, 7) is 0.385. The van der Waals surface area contributed by atoms with Crippen LogP contribution in [-0.2, 0) is 22.3 Å². The second kappa shape index (κ2) is 9.73. The van der Waals surface area contributed by atoms with Crippen LogP contribution in [0.25, 0.3) is 0 Å². The maximum atomic E-state index is 12.6. The fourth-order valence-corrected chi connectivity index (χ4v) is 3.22. The van der Waals surface area contributed by atoms with Crippen LogP contribution in [0.2, 0.25) is 0 Å². The summed E-state index contributed by atoms with van der Waals surface area (Å²) in [6, 6.07) is 11.9. The first-order valence-electron chi connectivity index (χ1n) is 9.51. The lowest BCUT2D eigenvalue weighted by atomic mass is 9.93. The molecule has 1 aromatic carbocycles. The van der Waals surface area contributed by atoms with Crippen LogP contribution in [0.3, 0.4) is 0 Å². The summed E-state index contributed by atoms with van der Waals surface area (Å²) in [6.07, 6.45) is -0.909. The third kappa shape index (κ3) is 6.74. The number of rotatable bonds is 7. The molecule has 0 atom stereocenters. The van der Waals surface area contributed by atoms with Crippen molar-refractivity contribution >= 4 is 5.91 Å². The van der Waals surface area contributed by atoms with E-state index in [1.54, 1.807) is 0 Å². The van der Waals surface area contributed by atoms with Gasteiger partial charge in [-0.2, -0.15) is 13.2 Å². The molecule has 156 valence electrons. The molecule has 0 radical (unpaired) electrons. The molecule has 1 amide bonds. The highest BCUT2D eigenvalue weighted by atomic mass is 19.4. The highest BCUT2D eigenvalue weighted by Gasteiger charge is 2.31. The lowest BCUT2D eigenvalue weighted by molar-refractivity contribution is -0.137. The Kier molecular flexibility index (Phi) is 7.09. The van der Waals surface area contributed by atoms with E-state index in [1.807, 2.05) is 30.3 Å². The predicted octanol–water partition coefficient (Wildman–Crippen LogP) is 4.12. The van der Waals surface area contributed by atoms with Crippen molar-refractivity contribution < 1.29 is 27.4 Å². The Morgan fingerprint density at radius 2 is 1.79 bits per heavy atom. The first kappa shape index (κ1) is 21.1. The number of ether oxygens (including phenoxy) is 2. The molecule has 1 N–H and O–H groups in total. The zero-order chi connectivity index (χ0) is 20.7. The monoisotopic (exact) mass is 408 g/mol. The van der Waals surface area contributed by atoms with Gasteiger partial charge in [0.1, 0.15) is 12.7 Å². The third-order valence-corrected chi connectivity index (χ3v) is 4.74. The van der Waals surface area contributed by atoms with E-state index in [2.05, 4.69) is 10.3 Å². The second-order valence-corrected chi connectivity index (χ2v) is 7.02. The molecule has 0 spiro atoms. The van der Waals surface area contributed by atoms with Crippen LogP contribution in [-0.4, -0.2) is 29.6 Å². The number of alkyl halides is 3. The number of aromatic nitrogens is 1. The van der Waals surface area contributed by atoms with Crippen LogP contribution >= 0.6 is 0 Å². The number of pyridine rings is 1. The van der Waals surface area contributed by atoms with Crippen LogP contribution < -0.4 is 10.1 Å². The molecule has 2 aromatic rings. The van der Waals surface area contributed by atoms with Gasteiger partial charge in [0.25, 0.3) is 0 Å². The van der Waals surface area contributed by atoms with Crippen molar-refractivity contribution in [3.8, 4) is 5.88 Å². The van der Waals surface area contributed by atoms with E-state index in [4.69, 9.17) is 9.47 Å². The van der Waals surface area contributed by atoms with Crippen molar-refractivity contribution in [2.24, 2.45) is 0 Å². The first-order valence-corrected chi connectivity index (χ1v) is 9.51. The minimum atomic E-state index is -4.41. The van der Waals surface area contributed by atoms with E-state index in [0.29, 0.717) is 19.4 Å². The molecule has 5 nitrogen and oxygen atoms in total. The summed E-state index contributed by atoms with van der Waals surface area (Å²) in [4.78, 5) is 15.8. The fourth-order valence-electron chi connectivity index (χ4n) is 3.22. The Morgan fingerprint density at radius 1 is 1.07 bits per heavy atom. The largest absolute Gasteiger partial charge is 0.474 e. The fraction of sp³-hybridized carbons (Fsp3) is 0.429. The minimum absolute atomic E-state index is 0.000791. The van der Waals surface area contributed by atoms with Crippen LogP contribution in [0.4, 0.5) is 13.2 Å². The van der Waals surface area contributed by atoms with Gasteiger partial charge in [0, 0.05) is 18.3 Å². The summed E-state index contributed by atoms with van der Waals surface area (Å²) in [7, 11) is 0. The number of hydrogen-bond donors (Lipinski definition) is 1. The number of nitrogens with one attached hydrogen (secondary N) is 1. The van der Waals surface area contributed by atoms with E-state index < -0.39 is 11.7 Å². The van der Waals surface area contributed by atoms with E-state index in [0.717, 1.165) is 30.7 Å². The Morgan fingerprint density at radius 3 is 2.41 bits per heavy atom. The van der Waals surface area contributed by atoms with Gasteiger partial charge in [0.2, 0.25) is 11.8 Å². The quantitative estimate of drug-likeness (QED) is 0.749. The zero-order valence-corrected chi connectivity index (χ0v) is 15.8. The molecule has 1 aliphatic rings. The van der Waals surface area contributed by atoms with Crippen molar-refractivity contribution in [1.29, 1.82) is 0 Å². The topological polar surface area (TPSA) is 60.5 Å². The lowest BCUT2D eigenvalue weighted by Crippen LogP contribution is -2.41. The van der Waals surface area contributed by atoms with Crippen molar-refractivity contribution in [2.75, 3.05) is 6.61 Å². The molecular formula is C21H23F3N2O3. The molecule has 3 rings (SSSR count). The maximum Gasteiger partial charge on any atom is 0.417 e. The SMILES string of the molecule is O=C(COCc1ccccc1)NC1CCC(Oc2ccc(C(F)(F)F)cn2)CC1. The molecule has 1 saturated carbocycles. The summed E-state index contributed by atoms with van der Waals surface area (Å²) in [5.74, 6) is 0.0227. The highest BCUT2D eigenvalue weighted by molar-refractivity contribution is 5.77. The van der Waals surface area contributed by atoms with Crippen LogP contribution in [0.1, 0.15) is 36.8 Å². The molecule has 0 bridgehead atoms. The Balaban J connectivity index is 1.35. The van der Waals surface area contributed by atoms with Gasteiger partial charge < -0.3 is 14.8 Å². The van der Waals surface area contributed by atoms with Crippen LogP contribution in [0.15, 0.2) is 48.7 Å². The lowest BCUT2D eigenvalue weighted by Gasteiger charge is -2.29. The number of hydrogen-bond acceptors (Lipinski definition) is 4. The smallest absolute Gasteiger partial charge is 0.417 e. The van der Waals surface area contributed by atoms with Gasteiger partial charge in [0.05, 0.1) is 12.2 Å². The number of nitrogens with zero attached hydrogens (tertiary/aromatic N) is 1. The molecule has 1 heterocycles. The van der Waals surface area contributed by atoms with Gasteiger partial charge in [-0.15, -0.1) is 0 Å². The minimum Gasteiger partial charge on any atom is -0.474 e. The van der Waals surface area contributed by atoms with Gasteiger partial charge >= 0.3 is 6.18 Å². The molecule has 0 unspecified atom stereocenters. The Hall–Kier alpha value is -2.61. The molecule has 0 aliphatic heterocycles. The van der Waals surface area contributed by atoms with Crippen LogP contribution in [0.5, 0.6) is 5.88 Å². The van der Waals surface area contributed by atoms with E-state index in [9.17, 15) is 18.0 Å². The van der Waals surface area contributed by atoms with Gasteiger partial charge in [0.15, 0.2) is 0 Å². The van der Waals surface area contributed by atoms with Crippen molar-refractivity contribution in [3.63, 3.8) is 0 Å². The first-order chi connectivity index (χ1) is 13.9. The number of carbonyl (C=O) groups excluding carboxylic acids is 1. The van der Waals surface area contributed by atoms with Crippen LogP contribution in [0, 0.1) is 0 Å². The molecule has 1 aliphatic carbocycles. The summed E-state index contributed by atoms with van der Waals surface area (Å²) in [5, 5.41) is 2.95. The van der Waals surface area contributed by atoms with Crippen molar-refractivity contribution in [3.05, 3.63) is 59.8 Å². The molecule has 8 heteroatoms. The standard InChI is InChI=1S/C21H23F3N2O3/c22-21(23,24)16-6-11-20(25-12-16)29-18-9-7-17(8-10-18)26-19(27)14-28-13-15-4-2-1-3-5-15/h1-6,11-12,17-18H,7-10,13-14H2,(H,26,27). The Bertz CT molecular complexity index is 774.